The van der Waals surface area contributed by atoms with Crippen LogP contribution in [0.5, 0.6) is 5.75 Å². The van der Waals surface area contributed by atoms with Crippen LogP contribution in [-0.4, -0.2) is 68.1 Å². The summed E-state index contributed by atoms with van der Waals surface area (Å²) in [7, 11) is 1.81. The van der Waals surface area contributed by atoms with E-state index in [1.54, 1.807) is 4.90 Å². The highest BCUT2D eigenvalue weighted by Gasteiger charge is 2.38. The molecule has 2 aliphatic heterocycles. The van der Waals surface area contributed by atoms with Gasteiger partial charge in [0.15, 0.2) is 0 Å². The van der Waals surface area contributed by atoms with Gasteiger partial charge in [-0.1, -0.05) is 31.4 Å². The number of ether oxygens (including phenoxy) is 2. The number of para-hydroxylation sites is 1. The molecule has 0 atom stereocenters. The van der Waals surface area contributed by atoms with Crippen LogP contribution in [0.4, 0.5) is 0 Å². The van der Waals surface area contributed by atoms with Crippen molar-refractivity contribution in [2.75, 3.05) is 46.5 Å². The zero-order chi connectivity index (χ0) is 22.4. The van der Waals surface area contributed by atoms with Gasteiger partial charge in [-0.2, -0.15) is 0 Å². The maximum atomic E-state index is 13.0. The molecule has 6 nitrogen and oxygen atoms in total. The van der Waals surface area contributed by atoms with Gasteiger partial charge in [0.2, 0.25) is 5.91 Å². The van der Waals surface area contributed by atoms with Crippen LogP contribution < -0.4 is 4.74 Å². The van der Waals surface area contributed by atoms with E-state index < -0.39 is 0 Å². The molecule has 2 heterocycles. The average molecular weight is 443 g/mol. The van der Waals surface area contributed by atoms with Crippen LogP contribution in [-0.2, 0) is 9.53 Å². The van der Waals surface area contributed by atoms with Gasteiger partial charge in [-0.05, 0) is 50.7 Å². The fourth-order valence-electron chi connectivity index (χ4n) is 5.41. The summed E-state index contributed by atoms with van der Waals surface area (Å²) in [6.45, 7) is 4.07. The summed E-state index contributed by atoms with van der Waals surface area (Å²) in [5.41, 5.74) is 0.648. The van der Waals surface area contributed by atoms with E-state index in [1.807, 2.05) is 31.3 Å². The van der Waals surface area contributed by atoms with Crippen LogP contribution in [0.2, 0.25) is 0 Å². The molecule has 0 radical (unpaired) electrons. The molecule has 6 heteroatoms. The molecule has 0 aromatic heterocycles. The number of fused-ring (bicyclic) bond motifs is 1. The molecule has 3 aliphatic rings. The second-order valence-electron chi connectivity index (χ2n) is 9.89. The van der Waals surface area contributed by atoms with Crippen molar-refractivity contribution < 1.29 is 19.1 Å². The molecule has 176 valence electrons. The third-order valence-electron chi connectivity index (χ3n) is 7.66. The smallest absolute Gasteiger partial charge is 0.257 e. The Morgan fingerprint density at radius 3 is 2.50 bits per heavy atom. The number of amides is 2. The van der Waals surface area contributed by atoms with E-state index in [-0.39, 0.29) is 17.2 Å². The molecule has 1 saturated carbocycles. The highest BCUT2D eigenvalue weighted by atomic mass is 16.5. The molecule has 0 bridgehead atoms. The summed E-state index contributed by atoms with van der Waals surface area (Å²) in [5, 5.41) is 0. The standard InChI is InChI=1S/C26H38N2O4/c1-27-17-19-31-18-7-6-12-26(20-32-23-11-5-4-10-22(23)25(27)30)13-15-28(16-14-26)24(29)21-8-2-3-9-21/h4-5,10-11,21H,2-3,6-9,12-20H2,1H3. The van der Waals surface area contributed by atoms with Gasteiger partial charge in [0.25, 0.3) is 5.91 Å². The largest absolute Gasteiger partial charge is 0.492 e. The second kappa shape index (κ2) is 10.7. The van der Waals surface area contributed by atoms with Crippen molar-refractivity contribution in [3.8, 4) is 5.75 Å². The van der Waals surface area contributed by atoms with E-state index in [0.29, 0.717) is 37.0 Å². The lowest BCUT2D eigenvalue weighted by Crippen LogP contribution is -2.47. The minimum absolute atomic E-state index is 0.0349. The normalized spacial score (nSPS) is 23.5. The SMILES string of the molecule is CN1CCOCCCCC2(CCN(C(=O)C3CCCC3)CC2)COc2ccccc2C1=O. The summed E-state index contributed by atoms with van der Waals surface area (Å²) in [6.07, 6.45) is 9.60. The molecule has 1 aromatic carbocycles. The topological polar surface area (TPSA) is 59.1 Å². The van der Waals surface area contributed by atoms with Crippen molar-refractivity contribution in [1.29, 1.82) is 0 Å². The zero-order valence-corrected chi connectivity index (χ0v) is 19.5. The Hall–Kier alpha value is -2.08. The quantitative estimate of drug-likeness (QED) is 0.656. The Labute approximate surface area is 192 Å². The van der Waals surface area contributed by atoms with Crippen LogP contribution in [0.15, 0.2) is 24.3 Å². The minimum atomic E-state index is -0.0349. The number of carbonyl (C=O) groups is 2. The van der Waals surface area contributed by atoms with Crippen LogP contribution in [0.3, 0.4) is 0 Å². The van der Waals surface area contributed by atoms with Crippen molar-refractivity contribution >= 4 is 11.8 Å². The van der Waals surface area contributed by atoms with Crippen molar-refractivity contribution in [3.05, 3.63) is 29.8 Å². The maximum absolute atomic E-state index is 13.0. The summed E-state index contributed by atoms with van der Waals surface area (Å²) in [6, 6.07) is 7.55. The number of carbonyl (C=O) groups excluding carboxylic acids is 2. The molecule has 1 aromatic rings. The lowest BCUT2D eigenvalue weighted by Gasteiger charge is -2.42. The summed E-state index contributed by atoms with van der Waals surface area (Å²) >= 11 is 0. The van der Waals surface area contributed by atoms with Crippen molar-refractivity contribution in [1.82, 2.24) is 9.80 Å². The number of likely N-dealkylation sites (tertiary alicyclic amines) is 1. The van der Waals surface area contributed by atoms with Crippen molar-refractivity contribution in [2.45, 2.75) is 57.8 Å². The van der Waals surface area contributed by atoms with Crippen molar-refractivity contribution in [2.24, 2.45) is 11.3 Å². The Bertz CT molecular complexity index is 782. The Morgan fingerprint density at radius 2 is 1.72 bits per heavy atom. The van der Waals surface area contributed by atoms with E-state index in [2.05, 4.69) is 4.90 Å². The molecular formula is C26H38N2O4. The lowest BCUT2D eigenvalue weighted by molar-refractivity contribution is -0.138. The highest BCUT2D eigenvalue weighted by molar-refractivity contribution is 5.96. The van der Waals surface area contributed by atoms with Gasteiger partial charge in [0, 0.05) is 44.6 Å². The molecule has 0 unspecified atom stereocenters. The monoisotopic (exact) mass is 442 g/mol. The molecule has 2 amide bonds. The molecule has 32 heavy (non-hydrogen) atoms. The van der Waals surface area contributed by atoms with Crippen molar-refractivity contribution in [3.63, 3.8) is 0 Å². The summed E-state index contributed by atoms with van der Waals surface area (Å²) < 4.78 is 12.1. The molecule has 4 rings (SSSR count). The van der Waals surface area contributed by atoms with Gasteiger partial charge in [-0.25, -0.2) is 0 Å². The summed E-state index contributed by atoms with van der Waals surface area (Å²) in [4.78, 5) is 29.7. The molecule has 2 fully saturated rings. The first kappa shape index (κ1) is 23.1. The van der Waals surface area contributed by atoms with Gasteiger partial charge >= 0.3 is 0 Å². The Morgan fingerprint density at radius 1 is 0.969 bits per heavy atom. The Kier molecular flexibility index (Phi) is 7.71. The number of hydrogen-bond acceptors (Lipinski definition) is 4. The van der Waals surface area contributed by atoms with E-state index in [1.165, 1.54) is 12.8 Å². The molecule has 1 spiro atoms. The van der Waals surface area contributed by atoms with Crippen LogP contribution >= 0.6 is 0 Å². The predicted molar refractivity (Wildman–Crippen MR) is 124 cm³/mol. The predicted octanol–water partition coefficient (Wildman–Crippen LogP) is 4.14. The van der Waals surface area contributed by atoms with E-state index in [4.69, 9.17) is 9.47 Å². The second-order valence-corrected chi connectivity index (χ2v) is 9.89. The number of likely N-dealkylation sites (N-methyl/N-ethyl adjacent to an activating group) is 1. The van der Waals surface area contributed by atoms with Crippen LogP contribution in [0, 0.1) is 11.3 Å². The fourth-order valence-corrected chi connectivity index (χ4v) is 5.41. The molecular weight excluding hydrogens is 404 g/mol. The first-order valence-electron chi connectivity index (χ1n) is 12.4. The van der Waals surface area contributed by atoms with Gasteiger partial charge in [-0.15, -0.1) is 0 Å². The number of nitrogens with zero attached hydrogens (tertiary/aromatic N) is 2. The van der Waals surface area contributed by atoms with Gasteiger partial charge in [-0.3, -0.25) is 9.59 Å². The van der Waals surface area contributed by atoms with Gasteiger partial charge < -0.3 is 19.3 Å². The molecule has 1 aliphatic carbocycles. The van der Waals surface area contributed by atoms with E-state index >= 15 is 0 Å². The van der Waals surface area contributed by atoms with Gasteiger partial charge in [0.1, 0.15) is 5.75 Å². The average Bonchev–Trinajstić information content (AvgIpc) is 3.36. The van der Waals surface area contributed by atoms with Crippen LogP contribution in [0.25, 0.3) is 0 Å². The first-order valence-corrected chi connectivity index (χ1v) is 12.4. The van der Waals surface area contributed by atoms with Gasteiger partial charge in [0.05, 0.1) is 18.8 Å². The van der Waals surface area contributed by atoms with Crippen LogP contribution in [0.1, 0.15) is 68.1 Å². The number of rotatable bonds is 1. The lowest BCUT2D eigenvalue weighted by atomic mass is 9.75. The Balaban J connectivity index is 1.47. The third-order valence-corrected chi connectivity index (χ3v) is 7.66. The molecule has 0 N–H and O–H groups in total. The number of benzene rings is 1. The summed E-state index contributed by atoms with van der Waals surface area (Å²) in [5.74, 6) is 1.24. The number of piperidine rings is 1. The highest BCUT2D eigenvalue weighted by Crippen LogP contribution is 2.39. The van der Waals surface area contributed by atoms with E-state index in [0.717, 1.165) is 64.6 Å². The maximum Gasteiger partial charge on any atom is 0.257 e. The zero-order valence-electron chi connectivity index (χ0n) is 19.5. The molecule has 1 saturated heterocycles. The first-order chi connectivity index (χ1) is 15.6. The minimum Gasteiger partial charge on any atom is -0.492 e. The number of hydrogen-bond donors (Lipinski definition) is 0. The van der Waals surface area contributed by atoms with E-state index in [9.17, 15) is 9.59 Å². The fraction of sp³-hybridized carbons (Fsp3) is 0.692. The third kappa shape index (κ3) is 5.45.